The number of guanidine groups is 1. The van der Waals surface area contributed by atoms with Crippen molar-refractivity contribution in [3.8, 4) is 0 Å². The van der Waals surface area contributed by atoms with Crippen LogP contribution in [0.2, 0.25) is 0 Å². The van der Waals surface area contributed by atoms with Crippen LogP contribution in [-0.4, -0.2) is 62.7 Å². The Bertz CT molecular complexity index is 656. The minimum atomic E-state index is -3.32. The Labute approximate surface area is 178 Å². The molecule has 26 heavy (non-hydrogen) atoms. The Balaban J connectivity index is 0.00000338. The second-order valence-corrected chi connectivity index (χ2v) is 9.28. The van der Waals surface area contributed by atoms with E-state index in [2.05, 4.69) is 26.9 Å². The second kappa shape index (κ2) is 12.0. The molecule has 0 aromatic heterocycles. The molecule has 1 aromatic rings. The molecule has 1 aliphatic heterocycles. The highest BCUT2D eigenvalue weighted by Crippen LogP contribution is 2.20. The highest BCUT2D eigenvalue weighted by Gasteiger charge is 2.21. The largest absolute Gasteiger partial charge is 0.355 e. The number of benzene rings is 1. The van der Waals surface area contributed by atoms with Crippen molar-refractivity contribution >= 4 is 51.7 Å². The van der Waals surface area contributed by atoms with Gasteiger partial charge in [-0.25, -0.2) is 13.1 Å². The van der Waals surface area contributed by atoms with Gasteiger partial charge in [0.2, 0.25) is 10.0 Å². The summed E-state index contributed by atoms with van der Waals surface area (Å²) in [6.45, 7) is 4.76. The van der Waals surface area contributed by atoms with Crippen LogP contribution in [0.4, 0.5) is 0 Å². The molecule has 0 spiro atoms. The summed E-state index contributed by atoms with van der Waals surface area (Å²) in [5, 5.41) is 3.80. The highest BCUT2D eigenvalue weighted by atomic mass is 127. The van der Waals surface area contributed by atoms with Crippen LogP contribution in [0.15, 0.2) is 35.3 Å². The predicted octanol–water partition coefficient (Wildman–Crippen LogP) is 2.13. The lowest BCUT2D eigenvalue weighted by Crippen LogP contribution is -2.49. The van der Waals surface area contributed by atoms with Crippen molar-refractivity contribution in [3.05, 3.63) is 35.9 Å². The van der Waals surface area contributed by atoms with E-state index in [-0.39, 0.29) is 29.7 Å². The van der Waals surface area contributed by atoms with Crippen LogP contribution in [0.3, 0.4) is 0 Å². The van der Waals surface area contributed by atoms with E-state index in [1.54, 1.807) is 7.05 Å². The van der Waals surface area contributed by atoms with E-state index in [9.17, 15) is 8.42 Å². The number of nitrogens with zero attached hydrogens (tertiary/aromatic N) is 2. The number of nitrogens with one attached hydrogen (secondary N) is 2. The molecule has 0 saturated carbocycles. The van der Waals surface area contributed by atoms with Crippen LogP contribution in [0.25, 0.3) is 0 Å². The summed E-state index contributed by atoms with van der Waals surface area (Å²) in [4.78, 5) is 6.52. The average molecular weight is 512 g/mol. The van der Waals surface area contributed by atoms with Gasteiger partial charge in [-0.1, -0.05) is 37.3 Å². The Hall–Kier alpha value is -0.520. The fourth-order valence-electron chi connectivity index (χ4n) is 2.65. The van der Waals surface area contributed by atoms with Crippen molar-refractivity contribution in [3.63, 3.8) is 0 Å². The smallest absolute Gasteiger partial charge is 0.213 e. The van der Waals surface area contributed by atoms with E-state index in [1.807, 2.05) is 42.1 Å². The first-order valence-corrected chi connectivity index (χ1v) is 11.3. The molecule has 1 aliphatic rings. The molecule has 1 heterocycles. The third-order valence-electron chi connectivity index (χ3n) is 4.10. The molecule has 0 radical (unpaired) electrons. The molecule has 9 heteroatoms. The zero-order chi connectivity index (χ0) is 18.1. The van der Waals surface area contributed by atoms with Crippen molar-refractivity contribution < 1.29 is 8.42 Å². The van der Waals surface area contributed by atoms with Crippen LogP contribution in [0.1, 0.15) is 18.9 Å². The van der Waals surface area contributed by atoms with Crippen LogP contribution < -0.4 is 10.0 Å². The maximum atomic E-state index is 12.1. The summed E-state index contributed by atoms with van der Waals surface area (Å²) in [7, 11) is -1.58. The monoisotopic (exact) mass is 512 g/mol. The van der Waals surface area contributed by atoms with Gasteiger partial charge in [-0.2, -0.15) is 11.8 Å². The number of halogens is 1. The maximum absolute atomic E-state index is 12.1. The van der Waals surface area contributed by atoms with Crippen LogP contribution >= 0.6 is 35.7 Å². The molecule has 1 fully saturated rings. The van der Waals surface area contributed by atoms with Gasteiger partial charge in [0.15, 0.2) is 5.96 Å². The van der Waals surface area contributed by atoms with Crippen molar-refractivity contribution in [1.29, 1.82) is 0 Å². The fraction of sp³-hybridized carbons (Fsp3) is 0.588. The Morgan fingerprint density at radius 3 is 2.73 bits per heavy atom. The molecule has 1 aromatic carbocycles. The Morgan fingerprint density at radius 1 is 1.35 bits per heavy atom. The summed E-state index contributed by atoms with van der Waals surface area (Å²) in [6.07, 6.45) is 1.13. The number of thioether (sulfide) groups is 1. The number of sulfonamides is 1. The lowest BCUT2D eigenvalue weighted by molar-refractivity contribution is 0.409. The standard InChI is InChI=1S/C17H28N4O2S2.HI/c1-3-16-14-21(10-11-24-16)17(18-2)19-9-12-25(22,23)20-13-15-7-5-4-6-8-15;/h4-8,16,20H,3,9-14H2,1-2H3,(H,18,19);1H. The fourth-order valence-corrected chi connectivity index (χ4v) is 4.73. The van der Waals surface area contributed by atoms with Gasteiger partial charge in [-0.15, -0.1) is 24.0 Å². The van der Waals surface area contributed by atoms with Gasteiger partial charge >= 0.3 is 0 Å². The number of hydrogen-bond donors (Lipinski definition) is 2. The first kappa shape index (κ1) is 23.5. The minimum absolute atomic E-state index is 0. The molecule has 0 aliphatic carbocycles. The highest BCUT2D eigenvalue weighted by molar-refractivity contribution is 14.0. The molecular weight excluding hydrogens is 483 g/mol. The quantitative estimate of drug-likeness (QED) is 0.333. The van der Waals surface area contributed by atoms with E-state index in [1.165, 1.54) is 0 Å². The molecule has 2 N–H and O–H groups in total. The first-order chi connectivity index (χ1) is 12.0. The van der Waals surface area contributed by atoms with Crippen molar-refractivity contribution in [1.82, 2.24) is 14.9 Å². The molecule has 1 unspecified atom stereocenters. The van der Waals surface area contributed by atoms with Gasteiger partial charge in [0.25, 0.3) is 0 Å². The Morgan fingerprint density at radius 2 is 2.08 bits per heavy atom. The molecular formula is C17H29IN4O2S2. The molecule has 1 saturated heterocycles. The molecule has 6 nitrogen and oxygen atoms in total. The number of aliphatic imine (C=N–C) groups is 1. The summed E-state index contributed by atoms with van der Waals surface area (Å²) in [5.74, 6) is 1.89. The lowest BCUT2D eigenvalue weighted by Gasteiger charge is -2.34. The van der Waals surface area contributed by atoms with E-state index in [0.29, 0.717) is 18.3 Å². The third-order valence-corrected chi connectivity index (χ3v) is 6.80. The van der Waals surface area contributed by atoms with E-state index < -0.39 is 10.0 Å². The zero-order valence-electron chi connectivity index (χ0n) is 15.3. The van der Waals surface area contributed by atoms with Gasteiger partial charge in [0, 0.05) is 44.2 Å². The zero-order valence-corrected chi connectivity index (χ0v) is 19.3. The second-order valence-electron chi connectivity index (χ2n) is 5.95. The van der Waals surface area contributed by atoms with Crippen molar-refractivity contribution in [2.24, 2.45) is 4.99 Å². The maximum Gasteiger partial charge on any atom is 0.213 e. The van der Waals surface area contributed by atoms with Crippen molar-refractivity contribution in [2.45, 2.75) is 25.1 Å². The molecule has 2 rings (SSSR count). The van der Waals surface area contributed by atoms with Gasteiger partial charge in [0.1, 0.15) is 0 Å². The Kier molecular flexibility index (Phi) is 10.9. The third kappa shape index (κ3) is 8.01. The van der Waals surface area contributed by atoms with Crippen LogP contribution in [-0.2, 0) is 16.6 Å². The van der Waals surface area contributed by atoms with E-state index >= 15 is 0 Å². The lowest BCUT2D eigenvalue weighted by atomic mass is 10.2. The van der Waals surface area contributed by atoms with Gasteiger partial charge in [-0.05, 0) is 12.0 Å². The average Bonchev–Trinajstić information content (AvgIpc) is 2.64. The normalized spacial score (nSPS) is 18.3. The van der Waals surface area contributed by atoms with Gasteiger partial charge < -0.3 is 10.2 Å². The summed E-state index contributed by atoms with van der Waals surface area (Å²) in [5.41, 5.74) is 0.950. The summed E-state index contributed by atoms with van der Waals surface area (Å²) >= 11 is 2.00. The van der Waals surface area contributed by atoms with Crippen molar-refractivity contribution in [2.75, 3.05) is 38.2 Å². The number of rotatable bonds is 7. The van der Waals surface area contributed by atoms with Gasteiger partial charge in [0.05, 0.1) is 5.75 Å². The minimum Gasteiger partial charge on any atom is -0.355 e. The van der Waals surface area contributed by atoms with Crippen LogP contribution in [0.5, 0.6) is 0 Å². The molecule has 1 atom stereocenters. The molecule has 0 bridgehead atoms. The predicted molar refractivity (Wildman–Crippen MR) is 122 cm³/mol. The van der Waals surface area contributed by atoms with E-state index in [0.717, 1.165) is 36.8 Å². The number of hydrogen-bond acceptors (Lipinski definition) is 4. The molecule has 148 valence electrons. The van der Waals surface area contributed by atoms with Crippen LogP contribution in [0, 0.1) is 0 Å². The summed E-state index contributed by atoms with van der Waals surface area (Å²) in [6, 6.07) is 9.52. The van der Waals surface area contributed by atoms with Gasteiger partial charge in [-0.3, -0.25) is 4.99 Å². The first-order valence-electron chi connectivity index (χ1n) is 8.62. The topological polar surface area (TPSA) is 73.8 Å². The summed E-state index contributed by atoms with van der Waals surface area (Å²) < 4.78 is 26.9. The SMILES string of the molecule is CCC1CN(C(=NC)NCCS(=O)(=O)NCc2ccccc2)CCS1.I. The van der Waals surface area contributed by atoms with E-state index in [4.69, 9.17) is 0 Å². The molecule has 0 amide bonds.